The standard InChI is InChI=1S/C18H17N3O4S/c1-11-4-3-5-12-15(11)19-10-21(17(12)23)8-6-14(22)20-13-7-9-26-16(13)18(24)25-2/h3-5,7,9-10H,6,8H2,1-2H3,(H,20,22). The summed E-state index contributed by atoms with van der Waals surface area (Å²) in [6.45, 7) is 2.09. The topological polar surface area (TPSA) is 90.3 Å². The van der Waals surface area contributed by atoms with Gasteiger partial charge in [-0.25, -0.2) is 9.78 Å². The molecule has 8 heteroatoms. The maximum absolute atomic E-state index is 12.5. The highest BCUT2D eigenvalue weighted by atomic mass is 32.1. The summed E-state index contributed by atoms with van der Waals surface area (Å²) in [6.07, 6.45) is 1.53. The average Bonchev–Trinajstić information content (AvgIpc) is 3.09. The van der Waals surface area contributed by atoms with Crippen LogP contribution in [0.3, 0.4) is 0 Å². The van der Waals surface area contributed by atoms with Gasteiger partial charge in [0, 0.05) is 13.0 Å². The van der Waals surface area contributed by atoms with Crippen LogP contribution in [0, 0.1) is 6.92 Å². The SMILES string of the molecule is COC(=O)c1sccc1NC(=O)CCn1cnc2c(C)cccc2c1=O. The minimum atomic E-state index is -0.499. The zero-order valence-corrected chi connectivity index (χ0v) is 15.1. The Morgan fingerprint density at radius 1 is 1.31 bits per heavy atom. The fourth-order valence-corrected chi connectivity index (χ4v) is 3.36. The van der Waals surface area contributed by atoms with Gasteiger partial charge >= 0.3 is 5.97 Å². The van der Waals surface area contributed by atoms with E-state index in [-0.39, 0.29) is 24.4 Å². The van der Waals surface area contributed by atoms with Gasteiger partial charge in [-0.15, -0.1) is 11.3 Å². The molecule has 0 bridgehead atoms. The molecule has 0 saturated carbocycles. The fraction of sp³-hybridized carbons (Fsp3) is 0.222. The van der Waals surface area contributed by atoms with Crippen molar-refractivity contribution in [3.8, 4) is 0 Å². The molecule has 0 aliphatic heterocycles. The van der Waals surface area contributed by atoms with E-state index < -0.39 is 5.97 Å². The molecular weight excluding hydrogens is 354 g/mol. The van der Waals surface area contributed by atoms with Gasteiger partial charge in [-0.2, -0.15) is 0 Å². The predicted octanol–water partition coefficient (Wildman–Crippen LogP) is 2.58. The number of amides is 1. The number of carbonyl (C=O) groups excluding carboxylic acids is 2. The van der Waals surface area contributed by atoms with Gasteiger partial charge in [0.2, 0.25) is 5.91 Å². The quantitative estimate of drug-likeness (QED) is 0.696. The van der Waals surface area contributed by atoms with Crippen LogP contribution in [0.4, 0.5) is 5.69 Å². The molecule has 0 aliphatic rings. The number of ether oxygens (including phenoxy) is 1. The Balaban J connectivity index is 1.72. The molecule has 1 amide bonds. The number of anilines is 1. The van der Waals surface area contributed by atoms with Crippen LogP contribution >= 0.6 is 11.3 Å². The number of nitrogens with zero attached hydrogens (tertiary/aromatic N) is 2. The molecule has 0 spiro atoms. The second-order valence-electron chi connectivity index (χ2n) is 5.67. The second-order valence-corrected chi connectivity index (χ2v) is 6.58. The molecule has 7 nitrogen and oxygen atoms in total. The van der Waals surface area contributed by atoms with Crippen molar-refractivity contribution in [3.05, 3.63) is 56.8 Å². The molecule has 1 N–H and O–H groups in total. The number of aromatic nitrogens is 2. The monoisotopic (exact) mass is 371 g/mol. The Morgan fingerprint density at radius 2 is 2.12 bits per heavy atom. The lowest BCUT2D eigenvalue weighted by Gasteiger charge is -2.08. The molecule has 0 aliphatic carbocycles. The Morgan fingerprint density at radius 3 is 2.88 bits per heavy atom. The molecule has 3 aromatic rings. The lowest BCUT2D eigenvalue weighted by atomic mass is 10.1. The van der Waals surface area contributed by atoms with Crippen molar-refractivity contribution in [2.45, 2.75) is 19.9 Å². The van der Waals surface area contributed by atoms with Crippen molar-refractivity contribution in [2.24, 2.45) is 0 Å². The highest BCUT2D eigenvalue weighted by Gasteiger charge is 2.15. The fourth-order valence-electron chi connectivity index (χ4n) is 2.59. The molecule has 2 aromatic heterocycles. The Kier molecular flexibility index (Phi) is 5.13. The van der Waals surface area contributed by atoms with Gasteiger partial charge in [-0.3, -0.25) is 14.2 Å². The largest absolute Gasteiger partial charge is 0.465 e. The number of aryl methyl sites for hydroxylation is 2. The number of methoxy groups -OCH3 is 1. The maximum atomic E-state index is 12.5. The minimum Gasteiger partial charge on any atom is -0.465 e. The highest BCUT2D eigenvalue weighted by molar-refractivity contribution is 7.12. The van der Waals surface area contributed by atoms with Crippen LogP contribution in [0.1, 0.15) is 21.7 Å². The summed E-state index contributed by atoms with van der Waals surface area (Å²) in [6, 6.07) is 7.07. The molecular formula is C18H17N3O4S. The van der Waals surface area contributed by atoms with Crippen LogP contribution in [0.15, 0.2) is 40.8 Å². The maximum Gasteiger partial charge on any atom is 0.350 e. The molecule has 0 atom stereocenters. The van der Waals surface area contributed by atoms with E-state index in [0.717, 1.165) is 5.56 Å². The third kappa shape index (κ3) is 3.50. The van der Waals surface area contributed by atoms with Crippen LogP contribution in [0.2, 0.25) is 0 Å². The summed E-state index contributed by atoms with van der Waals surface area (Å²) in [5.74, 6) is -0.801. The first-order valence-electron chi connectivity index (χ1n) is 7.91. The lowest BCUT2D eigenvalue weighted by Crippen LogP contribution is -2.24. The summed E-state index contributed by atoms with van der Waals surface area (Å²) in [7, 11) is 1.29. The summed E-state index contributed by atoms with van der Waals surface area (Å²) in [5.41, 5.74) is 1.82. The number of rotatable bonds is 5. The molecule has 2 heterocycles. The molecule has 26 heavy (non-hydrogen) atoms. The van der Waals surface area contributed by atoms with Crippen LogP contribution in [0.5, 0.6) is 0 Å². The molecule has 0 unspecified atom stereocenters. The number of esters is 1. The third-order valence-electron chi connectivity index (χ3n) is 3.95. The lowest BCUT2D eigenvalue weighted by molar-refractivity contribution is -0.116. The molecule has 0 fully saturated rings. The zero-order valence-electron chi connectivity index (χ0n) is 14.3. The molecule has 1 aromatic carbocycles. The van der Waals surface area contributed by atoms with Crippen LogP contribution in [-0.4, -0.2) is 28.5 Å². The number of thiophene rings is 1. The van der Waals surface area contributed by atoms with E-state index in [9.17, 15) is 14.4 Å². The van der Waals surface area contributed by atoms with Gasteiger partial charge in [0.1, 0.15) is 4.88 Å². The predicted molar refractivity (Wildman–Crippen MR) is 99.6 cm³/mol. The van der Waals surface area contributed by atoms with Crippen molar-refractivity contribution < 1.29 is 14.3 Å². The number of hydrogen-bond acceptors (Lipinski definition) is 6. The third-order valence-corrected chi connectivity index (χ3v) is 4.84. The summed E-state index contributed by atoms with van der Waals surface area (Å²) >= 11 is 1.19. The molecule has 0 saturated heterocycles. The molecule has 134 valence electrons. The normalized spacial score (nSPS) is 10.7. The van der Waals surface area contributed by atoms with Crippen molar-refractivity contribution in [1.29, 1.82) is 0 Å². The summed E-state index contributed by atoms with van der Waals surface area (Å²) in [5, 5.41) is 4.90. The van der Waals surface area contributed by atoms with Crippen LogP contribution < -0.4 is 10.9 Å². The molecule has 3 rings (SSSR count). The van der Waals surface area contributed by atoms with Gasteiger partial charge < -0.3 is 10.1 Å². The van der Waals surface area contributed by atoms with Crippen LogP contribution in [-0.2, 0) is 16.1 Å². The van der Waals surface area contributed by atoms with Gasteiger partial charge in [0.15, 0.2) is 0 Å². The van der Waals surface area contributed by atoms with Crippen LogP contribution in [0.25, 0.3) is 10.9 Å². The summed E-state index contributed by atoms with van der Waals surface area (Å²) < 4.78 is 6.09. The van der Waals surface area contributed by atoms with Crippen molar-refractivity contribution in [3.63, 3.8) is 0 Å². The van der Waals surface area contributed by atoms with Crippen molar-refractivity contribution in [2.75, 3.05) is 12.4 Å². The van der Waals surface area contributed by atoms with Gasteiger partial charge in [0.05, 0.1) is 30.0 Å². The second kappa shape index (κ2) is 7.49. The van der Waals surface area contributed by atoms with Crippen molar-refractivity contribution >= 4 is 39.8 Å². The van der Waals surface area contributed by atoms with Gasteiger partial charge in [0.25, 0.3) is 5.56 Å². The van der Waals surface area contributed by atoms with E-state index in [1.165, 1.54) is 29.3 Å². The number of carbonyl (C=O) groups is 2. The first-order chi connectivity index (χ1) is 12.5. The number of fused-ring (bicyclic) bond motifs is 1. The number of nitrogens with one attached hydrogen (secondary N) is 1. The van der Waals surface area contributed by atoms with Crippen molar-refractivity contribution in [1.82, 2.24) is 9.55 Å². The first-order valence-corrected chi connectivity index (χ1v) is 8.79. The van der Waals surface area contributed by atoms with E-state index in [2.05, 4.69) is 15.0 Å². The summed E-state index contributed by atoms with van der Waals surface area (Å²) in [4.78, 5) is 41.0. The average molecular weight is 371 g/mol. The smallest absolute Gasteiger partial charge is 0.350 e. The first kappa shape index (κ1) is 17.8. The molecule has 0 radical (unpaired) electrons. The Labute approximate surface area is 153 Å². The Bertz CT molecular complexity index is 1040. The van der Waals surface area contributed by atoms with E-state index in [1.54, 1.807) is 17.5 Å². The highest BCUT2D eigenvalue weighted by Crippen LogP contribution is 2.23. The Hall–Kier alpha value is -3.00. The van der Waals surface area contributed by atoms with E-state index in [0.29, 0.717) is 21.5 Å². The van der Waals surface area contributed by atoms with E-state index >= 15 is 0 Å². The number of para-hydroxylation sites is 1. The number of hydrogen-bond donors (Lipinski definition) is 1. The van der Waals surface area contributed by atoms with Gasteiger partial charge in [-0.1, -0.05) is 12.1 Å². The van der Waals surface area contributed by atoms with E-state index in [4.69, 9.17) is 0 Å². The zero-order chi connectivity index (χ0) is 18.7. The minimum absolute atomic E-state index is 0.0787. The number of benzene rings is 1. The van der Waals surface area contributed by atoms with Gasteiger partial charge in [-0.05, 0) is 30.0 Å². The van der Waals surface area contributed by atoms with E-state index in [1.807, 2.05) is 19.1 Å².